The van der Waals surface area contributed by atoms with Gasteiger partial charge in [0.25, 0.3) is 0 Å². The number of H-pyrrole nitrogens is 1. The molecule has 0 saturated carbocycles. The van der Waals surface area contributed by atoms with Crippen molar-refractivity contribution in [2.24, 2.45) is 7.05 Å². The van der Waals surface area contributed by atoms with Crippen LogP contribution in [0.5, 0.6) is 0 Å². The van der Waals surface area contributed by atoms with Gasteiger partial charge in [-0.25, -0.2) is 4.39 Å². The highest BCUT2D eigenvalue weighted by molar-refractivity contribution is 5.81. The number of pyridine rings is 1. The van der Waals surface area contributed by atoms with Gasteiger partial charge in [0, 0.05) is 29.4 Å². The Kier molecular flexibility index (Phi) is 3.16. The van der Waals surface area contributed by atoms with Gasteiger partial charge in [-0.1, -0.05) is 20.8 Å². The Balaban J connectivity index is 2.21. The number of aromatic nitrogens is 3. The van der Waals surface area contributed by atoms with E-state index < -0.39 is 5.82 Å². The molecule has 3 aromatic rings. The van der Waals surface area contributed by atoms with E-state index in [2.05, 4.69) is 30.9 Å². The number of hydrogen-bond donors (Lipinski definition) is 1. The van der Waals surface area contributed by atoms with Crippen molar-refractivity contribution in [2.75, 3.05) is 0 Å². The second-order valence-corrected chi connectivity index (χ2v) is 6.53. The maximum Gasteiger partial charge on any atom is 0.190 e. The first-order chi connectivity index (χ1) is 10.3. The highest BCUT2D eigenvalue weighted by Crippen LogP contribution is 2.26. The number of rotatable bonds is 1. The molecule has 4 nitrogen and oxygen atoms in total. The third-order valence-corrected chi connectivity index (χ3v) is 3.72. The Labute approximate surface area is 127 Å². The summed E-state index contributed by atoms with van der Waals surface area (Å²) in [5, 5.41) is 4.87. The fraction of sp³-hybridized carbons (Fsp3) is 0.294. The van der Waals surface area contributed by atoms with Crippen molar-refractivity contribution < 1.29 is 4.39 Å². The van der Waals surface area contributed by atoms with Crippen LogP contribution in [0.3, 0.4) is 0 Å². The summed E-state index contributed by atoms with van der Waals surface area (Å²) < 4.78 is 15.0. The van der Waals surface area contributed by atoms with Crippen LogP contribution in [0.15, 0.2) is 35.1 Å². The SMILES string of the molecule is Cn1nc(C(C)(C)C)cc1-c1cc(=O)c2cc(F)ccc2[nH]1. The van der Waals surface area contributed by atoms with E-state index in [0.29, 0.717) is 16.6 Å². The van der Waals surface area contributed by atoms with Crippen LogP contribution in [0.2, 0.25) is 0 Å². The van der Waals surface area contributed by atoms with Gasteiger partial charge in [0.05, 0.1) is 17.1 Å². The summed E-state index contributed by atoms with van der Waals surface area (Å²) in [6.45, 7) is 6.26. The Bertz CT molecular complexity index is 916. The van der Waals surface area contributed by atoms with E-state index in [0.717, 1.165) is 11.4 Å². The van der Waals surface area contributed by atoms with E-state index in [-0.39, 0.29) is 10.8 Å². The number of nitrogens with zero attached hydrogens (tertiary/aromatic N) is 2. The Morgan fingerprint density at radius 2 is 1.91 bits per heavy atom. The molecule has 114 valence electrons. The highest BCUT2D eigenvalue weighted by Gasteiger charge is 2.20. The molecule has 0 aliphatic heterocycles. The smallest absolute Gasteiger partial charge is 0.190 e. The molecule has 0 atom stereocenters. The van der Waals surface area contributed by atoms with E-state index in [4.69, 9.17) is 0 Å². The largest absolute Gasteiger partial charge is 0.353 e. The van der Waals surface area contributed by atoms with Crippen molar-refractivity contribution in [2.45, 2.75) is 26.2 Å². The van der Waals surface area contributed by atoms with Gasteiger partial charge in [0.1, 0.15) is 5.82 Å². The van der Waals surface area contributed by atoms with Gasteiger partial charge in [-0.05, 0) is 24.3 Å². The van der Waals surface area contributed by atoms with Crippen LogP contribution in [-0.2, 0) is 12.5 Å². The van der Waals surface area contributed by atoms with Crippen molar-refractivity contribution in [1.29, 1.82) is 0 Å². The zero-order valence-electron chi connectivity index (χ0n) is 13.1. The first-order valence-corrected chi connectivity index (χ1v) is 7.13. The van der Waals surface area contributed by atoms with Gasteiger partial charge in [-0.15, -0.1) is 0 Å². The molecule has 0 radical (unpaired) electrons. The van der Waals surface area contributed by atoms with Crippen LogP contribution in [0.1, 0.15) is 26.5 Å². The van der Waals surface area contributed by atoms with Crippen LogP contribution in [0.25, 0.3) is 22.3 Å². The topological polar surface area (TPSA) is 50.7 Å². The molecule has 0 aliphatic carbocycles. The van der Waals surface area contributed by atoms with Gasteiger partial charge in [0.15, 0.2) is 5.43 Å². The molecular weight excluding hydrogens is 281 g/mol. The van der Waals surface area contributed by atoms with E-state index in [1.165, 1.54) is 18.2 Å². The molecule has 5 heteroatoms. The second kappa shape index (κ2) is 4.80. The predicted molar refractivity (Wildman–Crippen MR) is 85.4 cm³/mol. The zero-order valence-corrected chi connectivity index (χ0v) is 13.1. The summed E-state index contributed by atoms with van der Waals surface area (Å²) >= 11 is 0. The van der Waals surface area contributed by atoms with Crippen LogP contribution in [0.4, 0.5) is 4.39 Å². The second-order valence-electron chi connectivity index (χ2n) is 6.53. The number of halogens is 1. The average Bonchev–Trinajstić information content (AvgIpc) is 2.81. The highest BCUT2D eigenvalue weighted by atomic mass is 19.1. The summed E-state index contributed by atoms with van der Waals surface area (Å²) in [5.41, 5.74) is 2.79. The maximum atomic E-state index is 13.3. The summed E-state index contributed by atoms with van der Waals surface area (Å²) in [6, 6.07) is 7.64. The molecule has 0 aliphatic rings. The first kappa shape index (κ1) is 14.5. The monoisotopic (exact) mass is 299 g/mol. The van der Waals surface area contributed by atoms with E-state index in [1.807, 2.05) is 13.1 Å². The van der Waals surface area contributed by atoms with E-state index in [9.17, 15) is 9.18 Å². The fourth-order valence-corrected chi connectivity index (χ4v) is 2.44. The van der Waals surface area contributed by atoms with Gasteiger partial charge in [-0.2, -0.15) is 5.10 Å². The van der Waals surface area contributed by atoms with Crippen LogP contribution < -0.4 is 5.43 Å². The van der Waals surface area contributed by atoms with Crippen molar-refractivity contribution >= 4 is 10.9 Å². The quantitative estimate of drug-likeness (QED) is 0.749. The molecule has 0 amide bonds. The Hall–Kier alpha value is -2.43. The molecule has 0 unspecified atom stereocenters. The molecule has 0 saturated heterocycles. The van der Waals surface area contributed by atoms with E-state index in [1.54, 1.807) is 10.7 Å². The standard InChI is InChI=1S/C17H18FN3O/c1-17(2,3)16-9-14(21(4)20-16)13-8-15(22)11-7-10(18)5-6-12(11)19-13/h5-9H,1-4H3,(H,19,22). The Morgan fingerprint density at radius 1 is 1.18 bits per heavy atom. The van der Waals surface area contributed by atoms with Gasteiger partial charge in [-0.3, -0.25) is 9.48 Å². The fourth-order valence-electron chi connectivity index (χ4n) is 2.44. The van der Waals surface area contributed by atoms with Gasteiger partial charge >= 0.3 is 0 Å². The number of aryl methyl sites for hydroxylation is 1. The average molecular weight is 299 g/mol. The summed E-state index contributed by atoms with van der Waals surface area (Å²) in [7, 11) is 1.84. The predicted octanol–water partition coefficient (Wildman–Crippen LogP) is 3.37. The first-order valence-electron chi connectivity index (χ1n) is 7.13. The molecular formula is C17H18FN3O. The van der Waals surface area contributed by atoms with Crippen LogP contribution >= 0.6 is 0 Å². The molecule has 3 rings (SSSR count). The van der Waals surface area contributed by atoms with E-state index >= 15 is 0 Å². The summed E-state index contributed by atoms with van der Waals surface area (Å²) in [5.74, 6) is -0.415. The number of aromatic amines is 1. The molecule has 1 N–H and O–H groups in total. The third-order valence-electron chi connectivity index (χ3n) is 3.72. The molecule has 0 spiro atoms. The minimum atomic E-state index is -0.415. The number of hydrogen-bond acceptors (Lipinski definition) is 2. The number of benzene rings is 1. The minimum absolute atomic E-state index is 0.0731. The number of fused-ring (bicyclic) bond motifs is 1. The molecule has 0 bridgehead atoms. The Morgan fingerprint density at radius 3 is 2.55 bits per heavy atom. The molecule has 2 heterocycles. The third kappa shape index (κ3) is 2.43. The lowest BCUT2D eigenvalue weighted by Gasteiger charge is -2.13. The minimum Gasteiger partial charge on any atom is -0.353 e. The van der Waals surface area contributed by atoms with Crippen molar-refractivity contribution in [1.82, 2.24) is 14.8 Å². The lowest BCUT2D eigenvalue weighted by molar-refractivity contribution is 0.553. The van der Waals surface area contributed by atoms with Crippen molar-refractivity contribution in [3.63, 3.8) is 0 Å². The molecule has 1 aromatic carbocycles. The molecule has 2 aromatic heterocycles. The van der Waals surface area contributed by atoms with Crippen LogP contribution in [-0.4, -0.2) is 14.8 Å². The number of nitrogens with one attached hydrogen (secondary N) is 1. The molecule has 22 heavy (non-hydrogen) atoms. The normalized spacial score (nSPS) is 12.0. The van der Waals surface area contributed by atoms with Gasteiger partial charge < -0.3 is 4.98 Å². The lowest BCUT2D eigenvalue weighted by atomic mass is 9.92. The maximum absolute atomic E-state index is 13.3. The lowest BCUT2D eigenvalue weighted by Crippen LogP contribution is -2.12. The van der Waals surface area contributed by atoms with Crippen LogP contribution in [0, 0.1) is 5.82 Å². The molecule has 0 fully saturated rings. The van der Waals surface area contributed by atoms with Crippen molar-refractivity contribution in [3.05, 3.63) is 52.1 Å². The summed E-state index contributed by atoms with van der Waals surface area (Å²) in [6.07, 6.45) is 0. The van der Waals surface area contributed by atoms with Gasteiger partial charge in [0.2, 0.25) is 0 Å². The van der Waals surface area contributed by atoms with Crippen molar-refractivity contribution in [3.8, 4) is 11.4 Å². The zero-order chi connectivity index (χ0) is 16.1. The summed E-state index contributed by atoms with van der Waals surface area (Å²) in [4.78, 5) is 15.4.